The second kappa shape index (κ2) is 8.86. The van der Waals surface area contributed by atoms with Gasteiger partial charge in [-0.05, 0) is 56.1 Å². The van der Waals surface area contributed by atoms with Crippen molar-refractivity contribution in [1.29, 1.82) is 0 Å². The molecule has 1 aromatic carbocycles. The Morgan fingerprint density at radius 1 is 1.18 bits per heavy atom. The first kappa shape index (κ1) is 19.8. The van der Waals surface area contributed by atoms with Crippen LogP contribution in [0.5, 0.6) is 0 Å². The fourth-order valence-electron chi connectivity index (χ4n) is 3.47. The van der Waals surface area contributed by atoms with Gasteiger partial charge in [-0.25, -0.2) is 9.97 Å². The van der Waals surface area contributed by atoms with Crippen LogP contribution in [0.1, 0.15) is 12.0 Å². The lowest BCUT2D eigenvalue weighted by Crippen LogP contribution is -2.44. The average Bonchev–Trinajstić information content (AvgIpc) is 3.10. The number of likely N-dealkylation sites (N-methyl/N-ethyl adjacent to an activating group) is 1. The Bertz CT molecular complexity index is 949. The molecule has 0 spiro atoms. The lowest BCUT2D eigenvalue weighted by Gasteiger charge is -2.32. The van der Waals surface area contributed by atoms with E-state index in [-0.39, 0.29) is 0 Å². The molecule has 1 fully saturated rings. The van der Waals surface area contributed by atoms with E-state index in [1.807, 2.05) is 6.20 Å². The van der Waals surface area contributed by atoms with E-state index in [2.05, 4.69) is 74.3 Å². The van der Waals surface area contributed by atoms with Crippen LogP contribution < -0.4 is 5.32 Å². The summed E-state index contributed by atoms with van der Waals surface area (Å²) in [4.78, 5) is 15.4. The van der Waals surface area contributed by atoms with Gasteiger partial charge in [-0.1, -0.05) is 22.0 Å². The summed E-state index contributed by atoms with van der Waals surface area (Å²) in [5.41, 5.74) is 2.13. The summed E-state index contributed by atoms with van der Waals surface area (Å²) in [5, 5.41) is 4.66. The van der Waals surface area contributed by atoms with E-state index >= 15 is 0 Å². The third kappa shape index (κ3) is 4.71. The Labute approximate surface area is 178 Å². The normalized spacial score (nSPS) is 16.0. The molecular weight excluding hydrogens is 434 g/mol. The van der Waals surface area contributed by atoms with Crippen LogP contribution in [-0.2, 0) is 0 Å². The molecule has 5 nitrogen and oxygen atoms in total. The third-order valence-electron chi connectivity index (χ3n) is 5.22. The maximum Gasteiger partial charge on any atom is 0.223 e. The molecule has 4 rings (SSSR count). The minimum Gasteiger partial charge on any atom is -0.354 e. The molecule has 0 atom stereocenters. The maximum atomic E-state index is 4.81. The van der Waals surface area contributed by atoms with Crippen LogP contribution >= 0.6 is 27.3 Å². The topological polar surface area (TPSA) is 44.3 Å². The van der Waals surface area contributed by atoms with Gasteiger partial charge in [-0.2, -0.15) is 0 Å². The molecule has 0 saturated carbocycles. The number of fused-ring (bicyclic) bond motifs is 1. The van der Waals surface area contributed by atoms with Gasteiger partial charge in [0, 0.05) is 48.1 Å². The van der Waals surface area contributed by atoms with Gasteiger partial charge in [0.2, 0.25) is 5.95 Å². The smallest absolute Gasteiger partial charge is 0.223 e. The van der Waals surface area contributed by atoms with Crippen molar-refractivity contribution in [2.75, 3.05) is 51.6 Å². The Morgan fingerprint density at radius 3 is 2.82 bits per heavy atom. The van der Waals surface area contributed by atoms with E-state index < -0.39 is 0 Å². The van der Waals surface area contributed by atoms with E-state index in [0.717, 1.165) is 41.2 Å². The molecule has 3 heterocycles. The largest absolute Gasteiger partial charge is 0.354 e. The second-order valence-electron chi connectivity index (χ2n) is 7.44. The van der Waals surface area contributed by atoms with E-state index in [1.54, 1.807) is 11.3 Å². The van der Waals surface area contributed by atoms with Crippen molar-refractivity contribution in [3.05, 3.63) is 40.5 Å². The molecule has 7 heteroatoms. The van der Waals surface area contributed by atoms with Crippen LogP contribution in [0.25, 0.3) is 20.7 Å². The van der Waals surface area contributed by atoms with Gasteiger partial charge < -0.3 is 15.1 Å². The minimum atomic E-state index is 0.720. The van der Waals surface area contributed by atoms with Gasteiger partial charge in [0.1, 0.15) is 0 Å². The molecular formula is C21H26BrN5S. The Morgan fingerprint density at radius 2 is 2.00 bits per heavy atom. The van der Waals surface area contributed by atoms with Gasteiger partial charge >= 0.3 is 0 Å². The maximum absolute atomic E-state index is 4.81. The fraction of sp³-hybridized carbons (Fsp3) is 0.429. The molecule has 1 aliphatic rings. The molecule has 2 aromatic heterocycles. The molecule has 148 valence electrons. The Balaban J connectivity index is 1.39. The molecule has 28 heavy (non-hydrogen) atoms. The number of aromatic nitrogens is 2. The van der Waals surface area contributed by atoms with E-state index in [9.17, 15) is 0 Å². The molecule has 1 saturated heterocycles. The average molecular weight is 460 g/mol. The number of aryl methyl sites for hydroxylation is 1. The van der Waals surface area contributed by atoms with Crippen LogP contribution in [0.4, 0.5) is 5.95 Å². The highest BCUT2D eigenvalue weighted by Gasteiger charge is 2.13. The highest BCUT2D eigenvalue weighted by molar-refractivity contribution is 9.10. The van der Waals surface area contributed by atoms with Gasteiger partial charge in [0.25, 0.3) is 0 Å². The van der Waals surface area contributed by atoms with Crippen molar-refractivity contribution in [1.82, 2.24) is 19.8 Å². The summed E-state index contributed by atoms with van der Waals surface area (Å²) in [6.07, 6.45) is 3.03. The van der Waals surface area contributed by atoms with Crippen LogP contribution in [0.15, 0.2) is 34.9 Å². The third-order valence-corrected chi connectivity index (χ3v) is 6.82. The monoisotopic (exact) mass is 459 g/mol. The molecule has 0 amide bonds. The van der Waals surface area contributed by atoms with Gasteiger partial charge in [-0.15, -0.1) is 11.3 Å². The standard InChI is InChI=1S/C21H26BrN5S/c1-15-14-24-21(23-6-3-7-27-10-8-26(2)9-11-27)25-20(15)19-12-16-4-5-17(22)13-18(16)28-19/h4-5,12-14H,3,6-11H2,1-2H3,(H,23,24,25). The van der Waals surface area contributed by atoms with Crippen LogP contribution in [0, 0.1) is 6.92 Å². The first-order chi connectivity index (χ1) is 13.6. The lowest BCUT2D eigenvalue weighted by molar-refractivity contribution is 0.154. The number of halogens is 1. The quantitative estimate of drug-likeness (QED) is 0.550. The first-order valence-corrected chi connectivity index (χ1v) is 11.4. The molecule has 3 aromatic rings. The van der Waals surface area contributed by atoms with Crippen molar-refractivity contribution in [3.63, 3.8) is 0 Å². The van der Waals surface area contributed by atoms with Crippen molar-refractivity contribution in [3.8, 4) is 10.6 Å². The van der Waals surface area contributed by atoms with E-state index in [4.69, 9.17) is 4.98 Å². The second-order valence-corrected chi connectivity index (χ2v) is 9.44. The summed E-state index contributed by atoms with van der Waals surface area (Å²) in [6.45, 7) is 8.78. The zero-order chi connectivity index (χ0) is 19.5. The molecule has 1 N–H and O–H groups in total. The van der Waals surface area contributed by atoms with E-state index in [0.29, 0.717) is 0 Å². The number of nitrogens with zero attached hydrogens (tertiary/aromatic N) is 4. The zero-order valence-corrected chi connectivity index (χ0v) is 18.8. The molecule has 1 aliphatic heterocycles. The highest BCUT2D eigenvalue weighted by atomic mass is 79.9. The van der Waals surface area contributed by atoms with Crippen molar-refractivity contribution < 1.29 is 0 Å². The molecule has 0 bridgehead atoms. The lowest BCUT2D eigenvalue weighted by atomic mass is 10.2. The Kier molecular flexibility index (Phi) is 6.25. The van der Waals surface area contributed by atoms with Crippen molar-refractivity contribution >= 4 is 43.3 Å². The first-order valence-electron chi connectivity index (χ1n) is 9.76. The van der Waals surface area contributed by atoms with Gasteiger partial charge in [-0.3, -0.25) is 0 Å². The van der Waals surface area contributed by atoms with Crippen molar-refractivity contribution in [2.24, 2.45) is 0 Å². The molecule has 0 aliphatic carbocycles. The highest BCUT2D eigenvalue weighted by Crippen LogP contribution is 2.35. The predicted molar refractivity (Wildman–Crippen MR) is 122 cm³/mol. The summed E-state index contributed by atoms with van der Waals surface area (Å²) in [5.74, 6) is 0.720. The summed E-state index contributed by atoms with van der Waals surface area (Å²) >= 11 is 5.33. The number of benzene rings is 1. The van der Waals surface area contributed by atoms with Crippen LogP contribution in [-0.4, -0.2) is 66.1 Å². The minimum absolute atomic E-state index is 0.720. The number of hydrogen-bond acceptors (Lipinski definition) is 6. The summed E-state index contributed by atoms with van der Waals surface area (Å²) in [6, 6.07) is 8.61. The number of rotatable bonds is 6. The number of piperazine rings is 1. The fourth-order valence-corrected chi connectivity index (χ4v) is 5.14. The van der Waals surface area contributed by atoms with Crippen LogP contribution in [0.3, 0.4) is 0 Å². The molecule has 0 radical (unpaired) electrons. The van der Waals surface area contributed by atoms with Gasteiger partial charge in [0.05, 0.1) is 10.6 Å². The number of thiophene rings is 1. The van der Waals surface area contributed by atoms with Crippen molar-refractivity contribution in [2.45, 2.75) is 13.3 Å². The summed E-state index contributed by atoms with van der Waals surface area (Å²) < 4.78 is 2.37. The number of anilines is 1. The van der Waals surface area contributed by atoms with Gasteiger partial charge in [0.15, 0.2) is 0 Å². The molecule has 0 unspecified atom stereocenters. The Hall–Kier alpha value is -1.54. The number of hydrogen-bond donors (Lipinski definition) is 1. The summed E-state index contributed by atoms with van der Waals surface area (Å²) in [7, 11) is 2.20. The predicted octanol–water partition coefficient (Wildman–Crippen LogP) is 4.48. The van der Waals surface area contributed by atoms with E-state index in [1.165, 1.54) is 41.1 Å². The SMILES string of the molecule is Cc1cnc(NCCCN2CCN(C)CC2)nc1-c1cc2ccc(Br)cc2s1. The zero-order valence-electron chi connectivity index (χ0n) is 16.4. The number of nitrogens with one attached hydrogen (secondary N) is 1. The van der Waals surface area contributed by atoms with Crippen LogP contribution in [0.2, 0.25) is 0 Å².